The fourth-order valence-electron chi connectivity index (χ4n) is 3.71. The maximum atomic E-state index is 13.1. The molecule has 112 valence electrons. The number of Topliss-reactive ketones (excluding diaryl/α,β-unsaturated/α-hetero) is 1. The number of carbonyl (C=O) groups is 1. The minimum atomic E-state index is -1.71. The number of benzene rings is 2. The van der Waals surface area contributed by atoms with Gasteiger partial charge >= 0.3 is 0 Å². The number of aliphatic hydroxyl groups is 1. The normalized spacial score (nSPS) is 28.1. The molecule has 0 spiro atoms. The van der Waals surface area contributed by atoms with Crippen molar-refractivity contribution in [2.24, 2.45) is 0 Å². The average molecular weight is 295 g/mol. The van der Waals surface area contributed by atoms with Crippen LogP contribution in [0.5, 0.6) is 5.75 Å². The number of ketones is 1. The van der Waals surface area contributed by atoms with Crippen LogP contribution in [0, 0.1) is 13.8 Å². The van der Waals surface area contributed by atoms with Gasteiger partial charge in [-0.05, 0) is 44.2 Å². The molecule has 1 heterocycles. The van der Waals surface area contributed by atoms with Gasteiger partial charge in [0.2, 0.25) is 0 Å². The largest absolute Gasteiger partial charge is 0.455 e. The lowest BCUT2D eigenvalue weighted by molar-refractivity contribution is -0.170. The molecule has 0 saturated heterocycles. The van der Waals surface area contributed by atoms with Crippen LogP contribution >= 0.6 is 0 Å². The fraction of sp³-hybridized carbons (Fsp3) is 0.278. The van der Waals surface area contributed by atoms with E-state index in [0.29, 0.717) is 22.4 Å². The van der Waals surface area contributed by atoms with Crippen molar-refractivity contribution in [1.29, 1.82) is 0 Å². The zero-order valence-electron chi connectivity index (χ0n) is 12.7. The third-order valence-corrected chi connectivity index (χ3v) is 5.02. The van der Waals surface area contributed by atoms with Crippen LogP contribution < -0.4 is 10.1 Å². The highest BCUT2D eigenvalue weighted by Gasteiger charge is 2.70. The summed E-state index contributed by atoms with van der Waals surface area (Å²) in [5, 5.41) is 14.4. The Labute approximate surface area is 128 Å². The molecule has 1 aliphatic carbocycles. The quantitative estimate of drug-likeness (QED) is 0.846. The lowest BCUT2D eigenvalue weighted by atomic mass is 9.82. The Kier molecular flexibility index (Phi) is 2.43. The SMILES string of the molecule is CNC12C(=O)c3ccccc3C1(O)Oc1cc(C)c(C)cc12. The van der Waals surface area contributed by atoms with E-state index in [2.05, 4.69) is 5.32 Å². The second kappa shape index (κ2) is 3.97. The number of hydrogen-bond acceptors (Lipinski definition) is 4. The molecule has 2 unspecified atom stereocenters. The van der Waals surface area contributed by atoms with E-state index in [-0.39, 0.29) is 5.78 Å². The standard InChI is InChI=1S/C18H17NO3/c1-10-8-14-15(9-11(10)2)22-18(21)13-7-5-4-6-12(13)16(20)17(14,18)19-3/h4-9,19,21H,1-3H3. The highest BCUT2D eigenvalue weighted by atomic mass is 16.6. The van der Waals surface area contributed by atoms with Crippen molar-refractivity contribution in [2.75, 3.05) is 7.05 Å². The first kappa shape index (κ1) is 13.5. The average Bonchev–Trinajstić information content (AvgIpc) is 2.86. The molecular formula is C18H17NO3. The van der Waals surface area contributed by atoms with Crippen LogP contribution in [-0.2, 0) is 11.3 Å². The van der Waals surface area contributed by atoms with E-state index in [1.165, 1.54) is 0 Å². The summed E-state index contributed by atoms with van der Waals surface area (Å²) in [6, 6.07) is 10.9. The number of nitrogens with one attached hydrogen (secondary N) is 1. The van der Waals surface area contributed by atoms with Crippen molar-refractivity contribution < 1.29 is 14.6 Å². The van der Waals surface area contributed by atoms with E-state index in [4.69, 9.17) is 4.74 Å². The third kappa shape index (κ3) is 1.24. The summed E-state index contributed by atoms with van der Waals surface area (Å²) in [7, 11) is 1.68. The van der Waals surface area contributed by atoms with Gasteiger partial charge in [0.25, 0.3) is 5.79 Å². The molecule has 1 aliphatic heterocycles. The van der Waals surface area contributed by atoms with Gasteiger partial charge in [-0.3, -0.25) is 10.1 Å². The molecule has 4 nitrogen and oxygen atoms in total. The van der Waals surface area contributed by atoms with Gasteiger partial charge in [-0.1, -0.05) is 24.3 Å². The van der Waals surface area contributed by atoms with Gasteiger partial charge in [0.05, 0.1) is 0 Å². The van der Waals surface area contributed by atoms with Crippen molar-refractivity contribution in [2.45, 2.75) is 25.2 Å². The number of ether oxygens (including phenoxy) is 1. The highest BCUT2D eigenvalue weighted by molar-refractivity contribution is 6.10. The zero-order valence-corrected chi connectivity index (χ0v) is 12.7. The van der Waals surface area contributed by atoms with Crippen LogP contribution in [0.25, 0.3) is 0 Å². The van der Waals surface area contributed by atoms with Crippen molar-refractivity contribution in [3.63, 3.8) is 0 Å². The molecule has 2 aromatic rings. The maximum Gasteiger partial charge on any atom is 0.266 e. The third-order valence-electron chi connectivity index (χ3n) is 5.02. The van der Waals surface area contributed by atoms with Crippen LogP contribution in [0.3, 0.4) is 0 Å². The first-order valence-electron chi connectivity index (χ1n) is 7.32. The summed E-state index contributed by atoms with van der Waals surface area (Å²) in [6.07, 6.45) is 0. The topological polar surface area (TPSA) is 58.6 Å². The summed E-state index contributed by atoms with van der Waals surface area (Å²) < 4.78 is 5.92. The van der Waals surface area contributed by atoms with Crippen molar-refractivity contribution in [1.82, 2.24) is 5.32 Å². The molecule has 4 heteroatoms. The summed E-state index contributed by atoms with van der Waals surface area (Å²) in [5.74, 6) is -1.31. The first-order valence-corrected chi connectivity index (χ1v) is 7.32. The maximum absolute atomic E-state index is 13.1. The summed E-state index contributed by atoms with van der Waals surface area (Å²) in [4.78, 5) is 13.1. The van der Waals surface area contributed by atoms with Gasteiger partial charge in [0.1, 0.15) is 5.75 Å². The monoisotopic (exact) mass is 295 g/mol. The highest BCUT2D eigenvalue weighted by Crippen LogP contribution is 2.58. The second-order valence-electron chi connectivity index (χ2n) is 6.05. The smallest absolute Gasteiger partial charge is 0.266 e. The number of carbonyl (C=O) groups excluding carboxylic acids is 1. The summed E-state index contributed by atoms with van der Waals surface area (Å²) >= 11 is 0. The molecular weight excluding hydrogens is 278 g/mol. The molecule has 2 aliphatic rings. The van der Waals surface area contributed by atoms with Crippen LogP contribution in [0.4, 0.5) is 0 Å². The molecule has 0 bridgehead atoms. The second-order valence-corrected chi connectivity index (χ2v) is 6.05. The zero-order chi connectivity index (χ0) is 15.7. The van der Waals surface area contributed by atoms with Crippen molar-refractivity contribution in [3.05, 3.63) is 64.2 Å². The minimum absolute atomic E-state index is 0.157. The van der Waals surface area contributed by atoms with Crippen molar-refractivity contribution in [3.8, 4) is 5.75 Å². The van der Waals surface area contributed by atoms with Crippen LogP contribution in [-0.4, -0.2) is 17.9 Å². The van der Waals surface area contributed by atoms with Crippen LogP contribution in [0.15, 0.2) is 36.4 Å². The Balaban J connectivity index is 2.08. The molecule has 22 heavy (non-hydrogen) atoms. The van der Waals surface area contributed by atoms with Gasteiger partial charge < -0.3 is 9.84 Å². The molecule has 0 amide bonds. The number of aryl methyl sites for hydroxylation is 2. The number of rotatable bonds is 1. The first-order chi connectivity index (χ1) is 10.5. The number of hydrogen-bond donors (Lipinski definition) is 2. The van der Waals surface area contributed by atoms with E-state index in [9.17, 15) is 9.90 Å². The van der Waals surface area contributed by atoms with E-state index < -0.39 is 11.3 Å². The summed E-state index contributed by atoms with van der Waals surface area (Å²) in [6.45, 7) is 3.97. The molecule has 0 radical (unpaired) electrons. The van der Waals surface area contributed by atoms with Crippen molar-refractivity contribution >= 4 is 5.78 Å². The minimum Gasteiger partial charge on any atom is -0.455 e. The molecule has 2 atom stereocenters. The molecule has 2 aromatic carbocycles. The lowest BCUT2D eigenvalue weighted by Gasteiger charge is -2.33. The Morgan fingerprint density at radius 1 is 1.09 bits per heavy atom. The van der Waals surface area contributed by atoms with Crippen LogP contribution in [0.1, 0.15) is 32.6 Å². The Morgan fingerprint density at radius 3 is 2.50 bits per heavy atom. The van der Waals surface area contributed by atoms with Gasteiger partial charge in [0.15, 0.2) is 11.3 Å². The molecule has 0 aromatic heterocycles. The van der Waals surface area contributed by atoms with Gasteiger partial charge in [0, 0.05) is 16.7 Å². The molecule has 2 N–H and O–H groups in total. The van der Waals surface area contributed by atoms with E-state index in [1.54, 1.807) is 31.3 Å². The fourth-order valence-corrected chi connectivity index (χ4v) is 3.71. The molecule has 4 rings (SSSR count). The van der Waals surface area contributed by atoms with Crippen LogP contribution in [0.2, 0.25) is 0 Å². The molecule has 0 fully saturated rings. The summed E-state index contributed by atoms with van der Waals surface area (Å²) in [5.41, 5.74) is 2.55. The Bertz CT molecular complexity index is 829. The number of fused-ring (bicyclic) bond motifs is 5. The van der Waals surface area contributed by atoms with E-state index >= 15 is 0 Å². The number of likely N-dealkylation sites (N-methyl/N-ethyl adjacent to an activating group) is 1. The molecule has 0 saturated carbocycles. The van der Waals surface area contributed by atoms with Gasteiger partial charge in [-0.15, -0.1) is 0 Å². The van der Waals surface area contributed by atoms with Gasteiger partial charge in [-0.2, -0.15) is 0 Å². The Morgan fingerprint density at radius 2 is 1.77 bits per heavy atom. The predicted octanol–water partition coefficient (Wildman–Crippen LogP) is 2.15. The van der Waals surface area contributed by atoms with E-state index in [0.717, 1.165) is 11.1 Å². The lowest BCUT2D eigenvalue weighted by Crippen LogP contribution is -2.57. The van der Waals surface area contributed by atoms with E-state index in [1.807, 2.05) is 26.0 Å². The predicted molar refractivity (Wildman–Crippen MR) is 82.0 cm³/mol. The van der Waals surface area contributed by atoms with Gasteiger partial charge in [-0.25, -0.2) is 0 Å². The Hall–Kier alpha value is -2.17.